The molecule has 0 unspecified atom stereocenters. The molecule has 8 nitrogen and oxygen atoms in total. The molecule has 29 heavy (non-hydrogen) atoms. The Morgan fingerprint density at radius 3 is 2.38 bits per heavy atom. The van der Waals surface area contributed by atoms with Gasteiger partial charge in [-0.15, -0.1) is 0 Å². The Morgan fingerprint density at radius 1 is 1.21 bits per heavy atom. The highest BCUT2D eigenvalue weighted by atomic mass is 16.5. The monoisotopic (exact) mass is 401 g/mol. The summed E-state index contributed by atoms with van der Waals surface area (Å²) in [6, 6.07) is 6.74. The predicted octanol–water partition coefficient (Wildman–Crippen LogP) is 0.330. The number of hydrogen-bond acceptors (Lipinski definition) is 5. The maximum Gasteiger partial charge on any atom is 0.337 e. The van der Waals surface area contributed by atoms with Crippen molar-refractivity contribution in [3.8, 4) is 0 Å². The molecule has 1 aliphatic heterocycles. The van der Waals surface area contributed by atoms with E-state index in [-0.39, 0.29) is 17.8 Å². The number of likely N-dealkylation sites (tertiary alicyclic amines) is 1. The van der Waals surface area contributed by atoms with E-state index in [1.54, 1.807) is 12.1 Å². The van der Waals surface area contributed by atoms with Crippen LogP contribution in [0, 0.1) is 5.92 Å². The van der Waals surface area contributed by atoms with Crippen LogP contribution < -0.4 is 21.9 Å². The van der Waals surface area contributed by atoms with Crippen molar-refractivity contribution in [1.29, 1.82) is 0 Å². The molecule has 0 saturated carbocycles. The third-order valence-corrected chi connectivity index (χ3v) is 5.43. The molecule has 3 rings (SSSR count). The number of methoxy groups -OCH3 is 1. The second kappa shape index (κ2) is 8.65. The van der Waals surface area contributed by atoms with Gasteiger partial charge >= 0.3 is 11.7 Å². The zero-order valence-electron chi connectivity index (χ0n) is 17.2. The first-order chi connectivity index (χ1) is 13.8. The van der Waals surface area contributed by atoms with E-state index < -0.39 is 17.2 Å². The van der Waals surface area contributed by atoms with Crippen LogP contribution in [0.4, 0.5) is 5.82 Å². The van der Waals surface area contributed by atoms with Crippen molar-refractivity contribution in [3.05, 3.63) is 61.8 Å². The van der Waals surface area contributed by atoms with Crippen LogP contribution in [-0.4, -0.2) is 35.7 Å². The lowest BCUT2D eigenvalue weighted by Gasteiger charge is -2.26. The van der Waals surface area contributed by atoms with E-state index in [0.717, 1.165) is 31.5 Å². The normalized spacial score (nSPS) is 15.6. The number of nitrogens with one attached hydrogen (secondary N) is 2. The number of rotatable bonds is 6. The second-order valence-corrected chi connectivity index (χ2v) is 7.97. The summed E-state index contributed by atoms with van der Waals surface area (Å²) in [5.74, 6) is 0.00373. The van der Waals surface area contributed by atoms with Crippen molar-refractivity contribution < 1.29 is 14.4 Å². The van der Waals surface area contributed by atoms with Gasteiger partial charge in [0.1, 0.15) is 17.4 Å². The largest absolute Gasteiger partial charge is 0.465 e. The fourth-order valence-electron chi connectivity index (χ4n) is 4.08. The predicted molar refractivity (Wildman–Crippen MR) is 110 cm³/mol. The number of nitrogens with two attached hydrogens (primary N) is 1. The Kier molecular flexibility index (Phi) is 6.22. The lowest BCUT2D eigenvalue weighted by molar-refractivity contribution is -0.913. The van der Waals surface area contributed by atoms with E-state index >= 15 is 0 Å². The summed E-state index contributed by atoms with van der Waals surface area (Å²) in [6.07, 6.45) is 2.13. The summed E-state index contributed by atoms with van der Waals surface area (Å²) in [5, 5.41) is 0. The summed E-state index contributed by atoms with van der Waals surface area (Å²) in [4.78, 5) is 40.7. The SMILES string of the molecule is COC(=O)c1ccc([C@H](c2c(N)n(CC(C)C)c(=O)[nH]c2=O)[NH+]2CCCC2)cc1. The summed E-state index contributed by atoms with van der Waals surface area (Å²) >= 11 is 0. The number of nitrogen functional groups attached to an aromatic ring is 1. The molecule has 2 aromatic rings. The Balaban J connectivity index is 2.14. The highest BCUT2D eigenvalue weighted by Gasteiger charge is 2.34. The second-order valence-electron chi connectivity index (χ2n) is 7.97. The van der Waals surface area contributed by atoms with Crippen LogP contribution in [0.2, 0.25) is 0 Å². The van der Waals surface area contributed by atoms with Gasteiger partial charge in [0.2, 0.25) is 0 Å². The van der Waals surface area contributed by atoms with Gasteiger partial charge in [0.15, 0.2) is 0 Å². The zero-order valence-corrected chi connectivity index (χ0v) is 17.2. The number of carbonyl (C=O) groups is 1. The average Bonchev–Trinajstić information content (AvgIpc) is 3.22. The molecular weight excluding hydrogens is 372 g/mol. The van der Waals surface area contributed by atoms with E-state index in [2.05, 4.69) is 4.98 Å². The Bertz CT molecular complexity index is 985. The summed E-state index contributed by atoms with van der Waals surface area (Å²) in [5.41, 5.74) is 7.19. The molecule has 0 radical (unpaired) electrons. The molecule has 0 bridgehead atoms. The Morgan fingerprint density at radius 2 is 1.83 bits per heavy atom. The fraction of sp³-hybridized carbons (Fsp3) is 0.476. The number of benzene rings is 1. The molecule has 0 spiro atoms. The van der Waals surface area contributed by atoms with E-state index in [4.69, 9.17) is 10.5 Å². The molecule has 1 aromatic heterocycles. The van der Waals surface area contributed by atoms with Gasteiger partial charge < -0.3 is 15.4 Å². The minimum absolute atomic E-state index is 0.200. The molecule has 0 aliphatic carbocycles. The van der Waals surface area contributed by atoms with Crippen molar-refractivity contribution in [2.75, 3.05) is 25.9 Å². The average molecular weight is 401 g/mol. The van der Waals surface area contributed by atoms with Gasteiger partial charge in [-0.3, -0.25) is 14.3 Å². The molecule has 1 aromatic carbocycles. The molecule has 8 heteroatoms. The maximum absolute atomic E-state index is 12.9. The summed E-state index contributed by atoms with van der Waals surface area (Å²) in [7, 11) is 1.34. The number of aromatic nitrogens is 2. The first kappa shape index (κ1) is 20.9. The molecule has 0 amide bonds. The quantitative estimate of drug-likeness (QED) is 0.604. The first-order valence-corrected chi connectivity index (χ1v) is 9.98. The molecule has 4 N–H and O–H groups in total. The Hall–Kier alpha value is -2.87. The van der Waals surface area contributed by atoms with Crippen molar-refractivity contribution in [3.63, 3.8) is 0 Å². The van der Waals surface area contributed by atoms with E-state index in [1.165, 1.54) is 16.6 Å². The van der Waals surface area contributed by atoms with Gasteiger partial charge in [0, 0.05) is 24.9 Å². The number of H-pyrrole nitrogens is 1. The number of hydrogen-bond donors (Lipinski definition) is 3. The third kappa shape index (κ3) is 4.27. The van der Waals surface area contributed by atoms with Crippen LogP contribution in [-0.2, 0) is 11.3 Å². The summed E-state index contributed by atoms with van der Waals surface area (Å²) < 4.78 is 6.22. The molecular formula is C21H29N4O4+. The van der Waals surface area contributed by atoms with Gasteiger partial charge in [0.05, 0.1) is 25.8 Å². The van der Waals surface area contributed by atoms with Crippen molar-refractivity contribution in [1.82, 2.24) is 9.55 Å². The van der Waals surface area contributed by atoms with Crippen LogP contribution in [0.1, 0.15) is 54.2 Å². The van der Waals surface area contributed by atoms with Gasteiger partial charge in [-0.05, 0) is 18.1 Å². The number of ether oxygens (including phenoxy) is 1. The number of carbonyl (C=O) groups excluding carboxylic acids is 1. The van der Waals surface area contributed by atoms with Crippen molar-refractivity contribution >= 4 is 11.8 Å². The van der Waals surface area contributed by atoms with Gasteiger partial charge in [-0.1, -0.05) is 26.0 Å². The third-order valence-electron chi connectivity index (χ3n) is 5.43. The minimum atomic E-state index is -0.485. The molecule has 1 atom stereocenters. The molecule has 1 saturated heterocycles. The first-order valence-electron chi connectivity index (χ1n) is 9.98. The highest BCUT2D eigenvalue weighted by Crippen LogP contribution is 2.23. The number of nitrogens with zero attached hydrogens (tertiary/aromatic N) is 1. The van der Waals surface area contributed by atoms with E-state index in [1.807, 2.05) is 26.0 Å². The highest BCUT2D eigenvalue weighted by molar-refractivity contribution is 5.89. The lowest BCUT2D eigenvalue weighted by Crippen LogP contribution is -3.10. The maximum atomic E-state index is 12.9. The van der Waals surface area contributed by atoms with Crippen LogP contribution in [0.5, 0.6) is 0 Å². The number of esters is 1. The number of quaternary nitrogens is 1. The molecule has 2 heterocycles. The van der Waals surface area contributed by atoms with Crippen LogP contribution in [0.3, 0.4) is 0 Å². The molecule has 156 valence electrons. The van der Waals surface area contributed by atoms with E-state index in [9.17, 15) is 14.4 Å². The molecule has 1 aliphatic rings. The van der Waals surface area contributed by atoms with Crippen LogP contribution >= 0.6 is 0 Å². The zero-order chi connectivity index (χ0) is 21.1. The minimum Gasteiger partial charge on any atom is -0.465 e. The van der Waals surface area contributed by atoms with Gasteiger partial charge in [0.25, 0.3) is 5.56 Å². The van der Waals surface area contributed by atoms with Crippen LogP contribution in [0.15, 0.2) is 33.9 Å². The standard InChI is InChI=1S/C21H28N4O4/c1-13(2)12-25-18(22)16(19(26)23-21(25)28)17(24-10-4-5-11-24)14-6-8-15(9-7-14)20(27)29-3/h6-9,13,17H,4-5,10-12,22H2,1-3H3,(H,23,26,28)/p+1/t17-/m1/s1. The van der Waals surface area contributed by atoms with Crippen molar-refractivity contribution in [2.45, 2.75) is 39.3 Å². The van der Waals surface area contributed by atoms with E-state index in [0.29, 0.717) is 17.7 Å². The number of anilines is 1. The fourth-order valence-corrected chi connectivity index (χ4v) is 4.08. The van der Waals surface area contributed by atoms with Crippen LogP contribution in [0.25, 0.3) is 0 Å². The van der Waals surface area contributed by atoms with Gasteiger partial charge in [-0.2, -0.15) is 0 Å². The van der Waals surface area contributed by atoms with Gasteiger partial charge in [-0.25, -0.2) is 9.59 Å². The smallest absolute Gasteiger partial charge is 0.337 e. The lowest BCUT2D eigenvalue weighted by atomic mass is 9.97. The molecule has 1 fully saturated rings. The Labute approximate surface area is 169 Å². The van der Waals surface area contributed by atoms with Crippen molar-refractivity contribution in [2.24, 2.45) is 5.92 Å². The number of aromatic amines is 1. The summed E-state index contributed by atoms with van der Waals surface area (Å²) in [6.45, 7) is 6.23. The topological polar surface area (TPSA) is 112 Å².